The Labute approximate surface area is 174 Å². The lowest BCUT2D eigenvalue weighted by Crippen LogP contribution is -2.22. The number of rotatable bonds is 8. The van der Waals surface area contributed by atoms with Crippen LogP contribution in [0, 0.1) is 17.2 Å². The molecule has 0 spiro atoms. The lowest BCUT2D eigenvalue weighted by molar-refractivity contribution is -0.124. The molecule has 0 saturated carbocycles. The predicted molar refractivity (Wildman–Crippen MR) is 110 cm³/mol. The zero-order valence-corrected chi connectivity index (χ0v) is 16.4. The Morgan fingerprint density at radius 3 is 2.43 bits per heavy atom. The van der Waals surface area contributed by atoms with Gasteiger partial charge in [0.2, 0.25) is 0 Å². The van der Waals surface area contributed by atoms with Gasteiger partial charge in [0.25, 0.3) is 5.91 Å². The van der Waals surface area contributed by atoms with E-state index < -0.39 is 18.1 Å². The van der Waals surface area contributed by atoms with Gasteiger partial charge in [0.05, 0.1) is 11.6 Å². The molecule has 2 aromatic carbocycles. The lowest BCUT2D eigenvalue weighted by atomic mass is 9.93. The van der Waals surface area contributed by atoms with Crippen LogP contribution in [0.3, 0.4) is 0 Å². The molecule has 156 valence electrons. The van der Waals surface area contributed by atoms with Gasteiger partial charge in [-0.15, -0.1) is 0 Å². The van der Waals surface area contributed by atoms with Gasteiger partial charge in [-0.3, -0.25) is 15.3 Å². The van der Waals surface area contributed by atoms with Gasteiger partial charge in [-0.2, -0.15) is 5.26 Å². The quantitative estimate of drug-likeness (QED) is 0.296. The third kappa shape index (κ3) is 6.96. The van der Waals surface area contributed by atoms with E-state index >= 15 is 0 Å². The number of aromatic hydroxyl groups is 1. The summed E-state index contributed by atoms with van der Waals surface area (Å²) in [6, 6.07) is 14.8. The molecule has 0 bridgehead atoms. The van der Waals surface area contributed by atoms with Gasteiger partial charge in [-0.1, -0.05) is 25.1 Å². The number of ether oxygens (including phenoxy) is 1. The van der Waals surface area contributed by atoms with Crippen molar-refractivity contribution in [2.75, 3.05) is 5.32 Å². The Kier molecular flexibility index (Phi) is 8.41. The highest BCUT2D eigenvalue weighted by molar-refractivity contribution is 5.86. The van der Waals surface area contributed by atoms with Crippen molar-refractivity contribution in [3.8, 4) is 11.8 Å². The summed E-state index contributed by atoms with van der Waals surface area (Å²) in [5.41, 5.74) is 3.21. The Morgan fingerprint density at radius 1 is 1.17 bits per heavy atom. The molecule has 0 unspecified atom stereocenters. The van der Waals surface area contributed by atoms with Crippen molar-refractivity contribution in [3.05, 3.63) is 71.8 Å². The molecule has 8 nitrogen and oxygen atoms in total. The van der Waals surface area contributed by atoms with Crippen LogP contribution >= 0.6 is 0 Å². The van der Waals surface area contributed by atoms with E-state index in [-0.39, 0.29) is 11.7 Å². The van der Waals surface area contributed by atoms with E-state index in [2.05, 4.69) is 5.32 Å². The first-order valence-corrected chi connectivity index (χ1v) is 9.30. The van der Waals surface area contributed by atoms with E-state index in [1.165, 1.54) is 23.7 Å². The number of allylic oxidation sites excluding steroid dienone is 1. The van der Waals surface area contributed by atoms with Crippen molar-refractivity contribution in [1.29, 1.82) is 5.26 Å². The summed E-state index contributed by atoms with van der Waals surface area (Å²) in [5, 5.41) is 29.5. The second-order valence-electron chi connectivity index (χ2n) is 6.66. The fraction of sp³-hybridized carbons (Fsp3) is 0.227. The molecule has 2 rings (SSSR count). The first-order chi connectivity index (χ1) is 14.4. The first-order valence-electron chi connectivity index (χ1n) is 9.30. The lowest BCUT2D eigenvalue weighted by Gasteiger charge is -2.24. The minimum Gasteiger partial charge on any atom is -0.508 e. The van der Waals surface area contributed by atoms with E-state index in [0.717, 1.165) is 0 Å². The number of carbonyl (C=O) groups is 2. The summed E-state index contributed by atoms with van der Waals surface area (Å²) in [6.07, 6.45) is 2.73. The van der Waals surface area contributed by atoms with Crippen molar-refractivity contribution < 1.29 is 24.6 Å². The molecule has 0 heterocycles. The molecule has 0 aliphatic carbocycles. The van der Waals surface area contributed by atoms with Crippen molar-refractivity contribution >= 4 is 17.7 Å². The molecule has 0 fully saturated rings. The number of benzene rings is 2. The molecule has 30 heavy (non-hydrogen) atoms. The summed E-state index contributed by atoms with van der Waals surface area (Å²) in [7, 11) is 0. The summed E-state index contributed by atoms with van der Waals surface area (Å²) >= 11 is 0. The van der Waals surface area contributed by atoms with E-state index in [0.29, 0.717) is 29.7 Å². The second kappa shape index (κ2) is 11.2. The maximum atomic E-state index is 12.4. The van der Waals surface area contributed by atoms with Crippen molar-refractivity contribution in [2.45, 2.75) is 25.9 Å². The van der Waals surface area contributed by atoms with E-state index in [1.807, 2.05) is 13.0 Å². The van der Waals surface area contributed by atoms with Gasteiger partial charge in [-0.25, -0.2) is 10.3 Å². The molecular formula is C22H23N3O5. The monoisotopic (exact) mass is 409 g/mol. The van der Waals surface area contributed by atoms with Gasteiger partial charge in [-0.05, 0) is 60.7 Å². The summed E-state index contributed by atoms with van der Waals surface area (Å²) in [5.74, 6) is -0.621. The number of nitrogens with zero attached hydrogens (tertiary/aromatic N) is 1. The van der Waals surface area contributed by atoms with Crippen LogP contribution in [0.1, 0.15) is 37.0 Å². The predicted octanol–water partition coefficient (Wildman–Crippen LogP) is 4.03. The molecule has 2 atom stereocenters. The zero-order chi connectivity index (χ0) is 21.9. The normalized spacial score (nSPS) is 12.6. The Bertz CT molecular complexity index is 917. The minimum atomic E-state index is -0.653. The number of phenolic OH excluding ortho intramolecular Hbond substituents is 1. The Morgan fingerprint density at radius 2 is 1.83 bits per heavy atom. The SMILES string of the molecule is C[C@@H](CC/C=C/C(=O)NO)[C@H](OC(=O)Nc1ccc(C#N)cc1)c1ccc(O)cc1. The average Bonchev–Trinajstić information content (AvgIpc) is 2.76. The first kappa shape index (κ1) is 22.5. The smallest absolute Gasteiger partial charge is 0.412 e. The van der Waals surface area contributed by atoms with Crippen molar-refractivity contribution in [1.82, 2.24) is 5.48 Å². The van der Waals surface area contributed by atoms with E-state index in [9.17, 15) is 14.7 Å². The largest absolute Gasteiger partial charge is 0.508 e. The van der Waals surface area contributed by atoms with Crippen molar-refractivity contribution in [3.63, 3.8) is 0 Å². The van der Waals surface area contributed by atoms with Crippen LogP contribution in [0.2, 0.25) is 0 Å². The average molecular weight is 409 g/mol. The van der Waals surface area contributed by atoms with Gasteiger partial charge < -0.3 is 9.84 Å². The molecule has 0 aliphatic rings. The van der Waals surface area contributed by atoms with Crippen LogP contribution in [0.15, 0.2) is 60.7 Å². The second-order valence-corrected chi connectivity index (χ2v) is 6.66. The maximum absolute atomic E-state index is 12.4. The number of anilines is 1. The van der Waals surface area contributed by atoms with Gasteiger partial charge >= 0.3 is 6.09 Å². The number of nitriles is 1. The summed E-state index contributed by atoms with van der Waals surface area (Å²) in [4.78, 5) is 23.5. The van der Waals surface area contributed by atoms with Crippen molar-refractivity contribution in [2.24, 2.45) is 5.92 Å². The zero-order valence-electron chi connectivity index (χ0n) is 16.4. The molecule has 0 radical (unpaired) electrons. The highest BCUT2D eigenvalue weighted by Gasteiger charge is 2.23. The Balaban J connectivity index is 2.07. The number of phenols is 1. The fourth-order valence-electron chi connectivity index (χ4n) is 2.81. The highest BCUT2D eigenvalue weighted by Crippen LogP contribution is 2.31. The molecule has 4 N–H and O–H groups in total. The van der Waals surface area contributed by atoms with E-state index in [4.69, 9.17) is 15.2 Å². The van der Waals surface area contributed by atoms with Crippen LogP contribution < -0.4 is 10.8 Å². The Hall–Kier alpha value is -3.83. The molecule has 2 amide bonds. The van der Waals surface area contributed by atoms with Gasteiger partial charge in [0.15, 0.2) is 0 Å². The standard InChI is InChI=1S/C22H23N3O5/c1-15(4-2-3-5-20(27)25-29)21(17-8-12-19(26)13-9-17)30-22(28)24-18-10-6-16(14-23)7-11-18/h3,5-13,15,21,26,29H,2,4H2,1H3,(H,24,28)(H,25,27)/b5-3+/t15-,21-/m0/s1. The third-order valence-electron chi connectivity index (χ3n) is 4.40. The molecule has 0 aliphatic heterocycles. The van der Waals surface area contributed by atoms with Crippen LogP contribution in [-0.4, -0.2) is 22.3 Å². The maximum Gasteiger partial charge on any atom is 0.412 e. The number of nitrogens with one attached hydrogen (secondary N) is 2. The molecule has 8 heteroatoms. The van der Waals surface area contributed by atoms with Gasteiger partial charge in [0.1, 0.15) is 11.9 Å². The fourth-order valence-corrected chi connectivity index (χ4v) is 2.81. The third-order valence-corrected chi connectivity index (χ3v) is 4.40. The number of hydrogen-bond donors (Lipinski definition) is 4. The molecular weight excluding hydrogens is 386 g/mol. The van der Waals surface area contributed by atoms with Crippen LogP contribution in [0.25, 0.3) is 0 Å². The van der Waals surface area contributed by atoms with Crippen LogP contribution in [0.4, 0.5) is 10.5 Å². The van der Waals surface area contributed by atoms with Gasteiger partial charge in [0, 0.05) is 11.8 Å². The summed E-state index contributed by atoms with van der Waals surface area (Å²) in [6.45, 7) is 1.91. The minimum absolute atomic E-state index is 0.102. The summed E-state index contributed by atoms with van der Waals surface area (Å²) < 4.78 is 5.66. The number of amides is 2. The number of hydrogen-bond acceptors (Lipinski definition) is 6. The van der Waals surface area contributed by atoms with Crippen LogP contribution in [0.5, 0.6) is 5.75 Å². The molecule has 0 aromatic heterocycles. The highest BCUT2D eigenvalue weighted by atomic mass is 16.6. The van der Waals surface area contributed by atoms with E-state index in [1.54, 1.807) is 42.5 Å². The topological polar surface area (TPSA) is 132 Å². The molecule has 2 aromatic rings. The number of carbonyl (C=O) groups excluding carboxylic acids is 2. The number of hydroxylamine groups is 1. The van der Waals surface area contributed by atoms with Crippen LogP contribution in [-0.2, 0) is 9.53 Å². The molecule has 0 saturated heterocycles.